The zero-order valence-electron chi connectivity index (χ0n) is 15.8. The van der Waals surface area contributed by atoms with E-state index in [2.05, 4.69) is 15.0 Å². The number of amides is 1. The van der Waals surface area contributed by atoms with Gasteiger partial charge in [-0.3, -0.25) is 10.1 Å². The molecule has 2 N–H and O–H groups in total. The predicted octanol–water partition coefficient (Wildman–Crippen LogP) is 3.69. The van der Waals surface area contributed by atoms with Crippen LogP contribution in [0.3, 0.4) is 0 Å². The summed E-state index contributed by atoms with van der Waals surface area (Å²) in [6.45, 7) is 7.51. The summed E-state index contributed by atoms with van der Waals surface area (Å²) < 4.78 is 27.8. The summed E-state index contributed by atoms with van der Waals surface area (Å²) in [5.74, 6) is -0.390. The maximum absolute atomic E-state index is 12.7. The fourth-order valence-corrected chi connectivity index (χ4v) is 5.04. The molecule has 8 heteroatoms. The molecule has 142 valence electrons. The van der Waals surface area contributed by atoms with Crippen LogP contribution in [0.2, 0.25) is 0 Å². The van der Waals surface area contributed by atoms with Gasteiger partial charge in [0, 0.05) is 5.56 Å². The van der Waals surface area contributed by atoms with Gasteiger partial charge >= 0.3 is 0 Å². The van der Waals surface area contributed by atoms with Crippen LogP contribution in [0.25, 0.3) is 10.2 Å². The lowest BCUT2D eigenvalue weighted by Gasteiger charge is -2.12. The quantitative estimate of drug-likeness (QED) is 0.695. The number of aryl methyl sites for hydroxylation is 3. The van der Waals surface area contributed by atoms with Crippen molar-refractivity contribution in [2.45, 2.75) is 32.6 Å². The summed E-state index contributed by atoms with van der Waals surface area (Å²) in [4.78, 5) is 17.3. The number of carbonyl (C=O) groups is 1. The van der Waals surface area contributed by atoms with Crippen molar-refractivity contribution < 1.29 is 13.2 Å². The molecule has 0 spiro atoms. The molecule has 27 heavy (non-hydrogen) atoms. The zero-order chi connectivity index (χ0) is 19.9. The number of hydrogen-bond donors (Lipinski definition) is 2. The number of hydrogen-bond acceptors (Lipinski definition) is 5. The van der Waals surface area contributed by atoms with Crippen molar-refractivity contribution in [2.75, 3.05) is 12.4 Å². The van der Waals surface area contributed by atoms with E-state index in [4.69, 9.17) is 0 Å². The highest BCUT2D eigenvalue weighted by molar-refractivity contribution is 7.89. The number of rotatable bonds is 4. The summed E-state index contributed by atoms with van der Waals surface area (Å²) >= 11 is 1.40. The molecule has 0 saturated heterocycles. The van der Waals surface area contributed by atoms with Gasteiger partial charge in [0.2, 0.25) is 10.0 Å². The van der Waals surface area contributed by atoms with Crippen LogP contribution >= 0.6 is 11.3 Å². The van der Waals surface area contributed by atoms with E-state index in [1.165, 1.54) is 24.5 Å². The second-order valence-corrected chi connectivity index (χ2v) is 9.41. The molecule has 0 unspecified atom stereocenters. The van der Waals surface area contributed by atoms with Crippen molar-refractivity contribution in [3.05, 3.63) is 52.1 Å². The highest BCUT2D eigenvalue weighted by Crippen LogP contribution is 2.30. The third-order valence-electron chi connectivity index (χ3n) is 4.49. The van der Waals surface area contributed by atoms with E-state index in [1.54, 1.807) is 19.9 Å². The van der Waals surface area contributed by atoms with Crippen LogP contribution in [0.4, 0.5) is 5.13 Å². The van der Waals surface area contributed by atoms with Gasteiger partial charge in [-0.1, -0.05) is 17.4 Å². The van der Waals surface area contributed by atoms with E-state index in [0.29, 0.717) is 10.7 Å². The summed E-state index contributed by atoms with van der Waals surface area (Å²) in [7, 11) is -2.30. The molecule has 0 atom stereocenters. The molecule has 1 amide bonds. The molecule has 3 rings (SSSR count). The number of carbonyl (C=O) groups excluding carboxylic acids is 1. The van der Waals surface area contributed by atoms with Gasteiger partial charge in [-0.2, -0.15) is 0 Å². The minimum absolute atomic E-state index is 0.103. The fraction of sp³-hybridized carbons (Fsp3) is 0.263. The molecule has 0 saturated carbocycles. The number of fused-ring (bicyclic) bond motifs is 1. The zero-order valence-corrected chi connectivity index (χ0v) is 17.4. The predicted molar refractivity (Wildman–Crippen MR) is 109 cm³/mol. The van der Waals surface area contributed by atoms with Crippen LogP contribution in [0.1, 0.15) is 32.6 Å². The number of nitrogens with zero attached hydrogens (tertiary/aromatic N) is 1. The molecular weight excluding hydrogens is 382 g/mol. The minimum Gasteiger partial charge on any atom is -0.298 e. The Hall–Kier alpha value is -2.29. The van der Waals surface area contributed by atoms with Crippen molar-refractivity contribution >= 4 is 42.6 Å². The number of anilines is 1. The molecule has 6 nitrogen and oxygen atoms in total. The van der Waals surface area contributed by atoms with Crippen LogP contribution < -0.4 is 10.0 Å². The van der Waals surface area contributed by atoms with E-state index in [1.807, 2.05) is 26.0 Å². The number of aromatic nitrogens is 1. The average Bonchev–Trinajstić information content (AvgIpc) is 2.99. The standard InChI is InChI=1S/C19H21N3O3S2/c1-10-6-12(3)17-15(7-10)26-19(21-17)22-18(23)14-8-11(2)13(4)16(9-14)27(24,25)20-5/h6-9,20H,1-5H3,(H,21,22,23). The minimum atomic E-state index is -3.65. The highest BCUT2D eigenvalue weighted by atomic mass is 32.2. The molecule has 0 aliphatic rings. The van der Waals surface area contributed by atoms with Gasteiger partial charge in [-0.05, 0) is 75.2 Å². The molecular formula is C19H21N3O3S2. The Morgan fingerprint density at radius 3 is 2.41 bits per heavy atom. The first-order valence-corrected chi connectivity index (χ1v) is 10.7. The Kier molecular flexibility index (Phi) is 5.07. The van der Waals surface area contributed by atoms with Gasteiger partial charge < -0.3 is 0 Å². The Balaban J connectivity index is 1.98. The number of nitrogens with one attached hydrogen (secondary N) is 2. The fourth-order valence-electron chi connectivity index (χ4n) is 2.94. The second-order valence-electron chi connectivity index (χ2n) is 6.53. The Morgan fingerprint density at radius 1 is 1.04 bits per heavy atom. The Morgan fingerprint density at radius 2 is 1.74 bits per heavy atom. The van der Waals surface area contributed by atoms with Crippen LogP contribution in [-0.4, -0.2) is 26.4 Å². The van der Waals surface area contributed by atoms with Crippen LogP contribution in [0, 0.1) is 27.7 Å². The Bertz CT molecular complexity index is 1160. The largest absolute Gasteiger partial charge is 0.298 e. The third-order valence-corrected chi connectivity index (χ3v) is 6.95. The normalized spacial score (nSPS) is 11.7. The molecule has 2 aromatic carbocycles. The van der Waals surface area contributed by atoms with Crippen molar-refractivity contribution in [1.82, 2.24) is 9.71 Å². The second kappa shape index (κ2) is 7.03. The van der Waals surface area contributed by atoms with Gasteiger partial charge in [0.25, 0.3) is 5.91 Å². The maximum Gasteiger partial charge on any atom is 0.257 e. The van der Waals surface area contributed by atoms with Gasteiger partial charge in [-0.25, -0.2) is 18.1 Å². The molecule has 0 aliphatic heterocycles. The lowest BCUT2D eigenvalue weighted by molar-refractivity contribution is 0.102. The highest BCUT2D eigenvalue weighted by Gasteiger charge is 2.20. The first-order valence-electron chi connectivity index (χ1n) is 8.36. The van der Waals surface area contributed by atoms with Crippen LogP contribution in [-0.2, 0) is 10.0 Å². The molecule has 0 aliphatic carbocycles. The van der Waals surface area contributed by atoms with Gasteiger partial charge in [0.15, 0.2) is 5.13 Å². The molecule has 0 radical (unpaired) electrons. The monoisotopic (exact) mass is 403 g/mol. The van der Waals surface area contributed by atoms with Crippen molar-refractivity contribution in [3.8, 4) is 0 Å². The summed E-state index contributed by atoms with van der Waals surface area (Å²) in [5.41, 5.74) is 4.67. The van der Waals surface area contributed by atoms with Crippen LogP contribution in [0.5, 0.6) is 0 Å². The van der Waals surface area contributed by atoms with Crippen molar-refractivity contribution in [2.24, 2.45) is 0 Å². The molecule has 0 bridgehead atoms. The lowest BCUT2D eigenvalue weighted by Crippen LogP contribution is -2.21. The average molecular weight is 404 g/mol. The smallest absolute Gasteiger partial charge is 0.257 e. The number of thiazole rings is 1. The number of sulfonamides is 1. The topological polar surface area (TPSA) is 88.2 Å². The van der Waals surface area contributed by atoms with E-state index >= 15 is 0 Å². The molecule has 1 heterocycles. The van der Waals surface area contributed by atoms with Gasteiger partial charge in [0.05, 0.1) is 15.1 Å². The van der Waals surface area contributed by atoms with Crippen molar-refractivity contribution in [3.63, 3.8) is 0 Å². The SMILES string of the molecule is CNS(=O)(=O)c1cc(C(=O)Nc2nc3c(C)cc(C)cc3s2)cc(C)c1C. The number of benzene rings is 2. The summed E-state index contributed by atoms with van der Waals surface area (Å²) in [6, 6.07) is 7.16. The first-order chi connectivity index (χ1) is 12.6. The summed E-state index contributed by atoms with van der Waals surface area (Å²) in [6.07, 6.45) is 0. The van der Waals surface area contributed by atoms with Gasteiger partial charge in [-0.15, -0.1) is 0 Å². The third kappa shape index (κ3) is 3.73. The first kappa shape index (κ1) is 19.5. The maximum atomic E-state index is 12.7. The molecule has 3 aromatic rings. The molecule has 1 aromatic heterocycles. The van der Waals surface area contributed by atoms with Gasteiger partial charge in [0.1, 0.15) is 0 Å². The molecule has 0 fully saturated rings. The van der Waals surface area contributed by atoms with Crippen molar-refractivity contribution in [1.29, 1.82) is 0 Å². The van der Waals surface area contributed by atoms with E-state index in [0.717, 1.165) is 26.9 Å². The van der Waals surface area contributed by atoms with Crippen LogP contribution in [0.15, 0.2) is 29.2 Å². The lowest BCUT2D eigenvalue weighted by atomic mass is 10.1. The Labute approximate surface area is 162 Å². The van der Waals surface area contributed by atoms with E-state index in [-0.39, 0.29) is 16.4 Å². The van der Waals surface area contributed by atoms with E-state index in [9.17, 15) is 13.2 Å². The van der Waals surface area contributed by atoms with E-state index < -0.39 is 10.0 Å². The summed E-state index contributed by atoms with van der Waals surface area (Å²) in [5, 5.41) is 3.28.